The van der Waals surface area contributed by atoms with Crippen molar-refractivity contribution >= 4 is 28.0 Å². The van der Waals surface area contributed by atoms with E-state index in [1.54, 1.807) is 6.07 Å². The summed E-state index contributed by atoms with van der Waals surface area (Å²) in [4.78, 5) is 17.4. The number of amides is 1. The third-order valence-corrected chi connectivity index (χ3v) is 5.88. The molecule has 0 bridgehead atoms. The van der Waals surface area contributed by atoms with Crippen LogP contribution in [0.5, 0.6) is 5.75 Å². The number of rotatable bonds is 4. The van der Waals surface area contributed by atoms with Gasteiger partial charge in [0.1, 0.15) is 17.8 Å². The summed E-state index contributed by atoms with van der Waals surface area (Å²) in [5.74, 6) is 5.16. The van der Waals surface area contributed by atoms with E-state index in [2.05, 4.69) is 47.6 Å². The second kappa shape index (κ2) is 9.36. The zero-order valence-corrected chi connectivity index (χ0v) is 19.9. The number of anilines is 1. The number of methoxy groups -OCH3 is 1. The molecule has 10 nitrogen and oxygen atoms in total. The number of carbonyl (C=O) groups excluding carboxylic acids is 1. The van der Waals surface area contributed by atoms with Crippen molar-refractivity contribution in [2.75, 3.05) is 12.4 Å². The van der Waals surface area contributed by atoms with Gasteiger partial charge in [0.2, 0.25) is 5.13 Å². The highest BCUT2D eigenvalue weighted by Gasteiger charge is 2.32. The molecule has 0 atom stereocenters. The number of halogens is 3. The number of benzene rings is 1. The molecule has 0 aliphatic heterocycles. The predicted molar refractivity (Wildman–Crippen MR) is 127 cm³/mol. The number of H-pyrrole nitrogens is 1. The van der Waals surface area contributed by atoms with Crippen molar-refractivity contribution in [2.24, 2.45) is 0 Å². The molecule has 4 heterocycles. The quantitative estimate of drug-likeness (QED) is 0.341. The molecule has 0 radical (unpaired) electrons. The summed E-state index contributed by atoms with van der Waals surface area (Å²) in [7, 11) is 1.33. The third-order valence-electron chi connectivity index (χ3n) is 5.13. The Bertz CT molecular complexity index is 1690. The largest absolute Gasteiger partial charge is 0.496 e. The summed E-state index contributed by atoms with van der Waals surface area (Å²) >= 11 is 1.03. The number of alkyl halides is 3. The van der Waals surface area contributed by atoms with Gasteiger partial charge < -0.3 is 4.74 Å². The lowest BCUT2D eigenvalue weighted by Gasteiger charge is -2.15. The molecule has 0 spiro atoms. The molecule has 0 unspecified atom stereocenters. The van der Waals surface area contributed by atoms with Crippen LogP contribution >= 0.6 is 11.3 Å². The number of aryl methyl sites for hydroxylation is 1. The molecular formula is C23H15F3N8O2S. The molecule has 0 aliphatic rings. The number of hydrogen-bond donors (Lipinski definition) is 2. The average Bonchev–Trinajstić information content (AvgIpc) is 3.61. The van der Waals surface area contributed by atoms with E-state index in [0.29, 0.717) is 16.3 Å². The number of ether oxygens (including phenoxy) is 1. The van der Waals surface area contributed by atoms with Crippen LogP contribution in [0.4, 0.5) is 18.3 Å². The van der Waals surface area contributed by atoms with E-state index in [1.807, 2.05) is 6.92 Å². The lowest BCUT2D eigenvalue weighted by molar-refractivity contribution is -0.137. The van der Waals surface area contributed by atoms with Crippen LogP contribution in [-0.4, -0.2) is 48.0 Å². The number of hydrogen-bond acceptors (Lipinski definition) is 8. The maximum atomic E-state index is 13.5. The van der Waals surface area contributed by atoms with Gasteiger partial charge in [0.05, 0.1) is 18.2 Å². The van der Waals surface area contributed by atoms with Crippen molar-refractivity contribution in [3.05, 3.63) is 70.4 Å². The van der Waals surface area contributed by atoms with Crippen LogP contribution in [-0.2, 0) is 6.18 Å². The normalized spacial score (nSPS) is 11.3. The molecule has 186 valence electrons. The van der Waals surface area contributed by atoms with Crippen LogP contribution in [0.15, 0.2) is 42.9 Å². The fourth-order valence-corrected chi connectivity index (χ4v) is 4.04. The first-order chi connectivity index (χ1) is 17.7. The average molecular weight is 524 g/mol. The fraction of sp³-hybridized carbons (Fsp3) is 0.130. The summed E-state index contributed by atoms with van der Waals surface area (Å²) in [6, 6.07) is 6.20. The Labute approximate surface area is 210 Å². The summed E-state index contributed by atoms with van der Waals surface area (Å²) in [6.45, 7) is 1.84. The van der Waals surface area contributed by atoms with Crippen molar-refractivity contribution in [1.29, 1.82) is 0 Å². The molecule has 0 aliphatic carbocycles. The monoisotopic (exact) mass is 524 g/mol. The Morgan fingerprint density at radius 2 is 2.00 bits per heavy atom. The van der Waals surface area contributed by atoms with E-state index in [9.17, 15) is 18.0 Å². The van der Waals surface area contributed by atoms with Crippen LogP contribution in [0.2, 0.25) is 0 Å². The van der Waals surface area contributed by atoms with Crippen LogP contribution in [0, 0.1) is 18.8 Å². The first kappa shape index (κ1) is 23.9. The number of nitrogens with zero attached hydrogens (tertiary/aromatic N) is 6. The van der Waals surface area contributed by atoms with Crippen LogP contribution in [0.1, 0.15) is 32.3 Å². The zero-order chi connectivity index (χ0) is 26.2. The number of carbonyl (C=O) groups is 1. The summed E-state index contributed by atoms with van der Waals surface area (Å²) in [5, 5.41) is 21.8. The molecule has 0 fully saturated rings. The van der Waals surface area contributed by atoms with Gasteiger partial charge >= 0.3 is 6.18 Å². The molecule has 5 rings (SSSR count). The van der Waals surface area contributed by atoms with Gasteiger partial charge in [0, 0.05) is 23.0 Å². The number of nitrogens with one attached hydrogen (secondary N) is 2. The fourth-order valence-electron chi connectivity index (χ4n) is 3.45. The third kappa shape index (κ3) is 4.98. The van der Waals surface area contributed by atoms with Gasteiger partial charge in [-0.3, -0.25) is 15.2 Å². The lowest BCUT2D eigenvalue weighted by atomic mass is 9.98. The number of pyridine rings is 1. The van der Waals surface area contributed by atoms with E-state index in [0.717, 1.165) is 29.2 Å². The first-order valence-electron chi connectivity index (χ1n) is 10.5. The minimum atomic E-state index is -4.60. The Kier molecular flexibility index (Phi) is 6.06. The minimum Gasteiger partial charge on any atom is -0.496 e. The maximum absolute atomic E-state index is 13.5. The topological polar surface area (TPSA) is 123 Å². The first-order valence-corrected chi connectivity index (χ1v) is 11.3. The predicted octanol–water partition coefficient (Wildman–Crippen LogP) is 3.96. The van der Waals surface area contributed by atoms with E-state index in [4.69, 9.17) is 4.74 Å². The van der Waals surface area contributed by atoms with Crippen molar-refractivity contribution < 1.29 is 22.7 Å². The molecule has 5 aromatic rings. The van der Waals surface area contributed by atoms with Gasteiger partial charge in [0.15, 0.2) is 10.7 Å². The smallest absolute Gasteiger partial charge is 0.416 e. The van der Waals surface area contributed by atoms with Crippen molar-refractivity contribution in [3.63, 3.8) is 0 Å². The highest BCUT2D eigenvalue weighted by molar-refractivity contribution is 7.15. The second-order valence-corrected chi connectivity index (χ2v) is 8.61. The summed E-state index contributed by atoms with van der Waals surface area (Å²) < 4.78 is 47.0. The highest BCUT2D eigenvalue weighted by atomic mass is 32.1. The minimum absolute atomic E-state index is 0.0351. The molecule has 4 aromatic heterocycles. The van der Waals surface area contributed by atoms with Crippen LogP contribution in [0.25, 0.3) is 16.8 Å². The van der Waals surface area contributed by atoms with Crippen molar-refractivity contribution in [2.45, 2.75) is 13.1 Å². The van der Waals surface area contributed by atoms with Gasteiger partial charge in [0.25, 0.3) is 5.91 Å². The zero-order valence-electron chi connectivity index (χ0n) is 19.1. The molecule has 0 saturated heterocycles. The van der Waals surface area contributed by atoms with Crippen molar-refractivity contribution in [3.8, 4) is 28.7 Å². The van der Waals surface area contributed by atoms with E-state index >= 15 is 0 Å². The van der Waals surface area contributed by atoms with Crippen LogP contribution in [0.3, 0.4) is 0 Å². The molecule has 37 heavy (non-hydrogen) atoms. The summed E-state index contributed by atoms with van der Waals surface area (Å²) in [6.07, 6.45) is -1.92. The molecule has 1 amide bonds. The van der Waals surface area contributed by atoms with Gasteiger partial charge in [-0.25, -0.2) is 9.50 Å². The Morgan fingerprint density at radius 3 is 2.73 bits per heavy atom. The molecule has 14 heteroatoms. The number of aromatic nitrogens is 7. The van der Waals surface area contributed by atoms with Gasteiger partial charge in [-0.05, 0) is 49.1 Å². The standard InChI is InChI=1S/C23H15F3N8O2S/c1-12-7-14(31-30-12)4-6-20-32-33-22(37-20)29-21(35)16-9-19-27-11-28-34(19)10-17(16)15-8-13(23(24,25)26)3-5-18(15)36-2/h3,5,7-11H,1-2H3,(H,30,31)(H,29,33,35). The highest BCUT2D eigenvalue weighted by Crippen LogP contribution is 2.38. The van der Waals surface area contributed by atoms with E-state index < -0.39 is 17.6 Å². The van der Waals surface area contributed by atoms with Crippen molar-refractivity contribution in [1.82, 2.24) is 35.0 Å². The molecule has 0 saturated carbocycles. The van der Waals surface area contributed by atoms with Gasteiger partial charge in [-0.15, -0.1) is 10.2 Å². The SMILES string of the molecule is COc1ccc(C(F)(F)F)cc1-c1cn2ncnc2cc1C(=O)Nc1nnc(C#Cc2cc(C)[nH]n2)s1. The molecule has 1 aromatic carbocycles. The number of aromatic amines is 1. The lowest BCUT2D eigenvalue weighted by Crippen LogP contribution is -2.14. The maximum Gasteiger partial charge on any atom is 0.416 e. The Morgan fingerprint density at radius 1 is 1.16 bits per heavy atom. The molecule has 2 N–H and O–H groups in total. The van der Waals surface area contributed by atoms with Crippen LogP contribution < -0.4 is 10.1 Å². The Hall–Kier alpha value is -4.77. The summed E-state index contributed by atoms with van der Waals surface area (Å²) in [5.41, 5.74) is 1.04. The Balaban J connectivity index is 1.51. The van der Waals surface area contributed by atoms with Gasteiger partial charge in [-0.2, -0.15) is 23.4 Å². The van der Waals surface area contributed by atoms with E-state index in [-0.39, 0.29) is 27.6 Å². The molecular weight excluding hydrogens is 509 g/mol. The second-order valence-electron chi connectivity index (χ2n) is 7.63. The number of fused-ring (bicyclic) bond motifs is 1. The van der Waals surface area contributed by atoms with E-state index in [1.165, 1.54) is 36.3 Å². The van der Waals surface area contributed by atoms with Gasteiger partial charge in [-0.1, -0.05) is 11.3 Å².